The van der Waals surface area contributed by atoms with Gasteiger partial charge in [-0.2, -0.15) is 0 Å². The molecule has 0 heterocycles. The van der Waals surface area contributed by atoms with E-state index in [9.17, 15) is 8.78 Å². The number of benzene rings is 1. The number of rotatable bonds is 1. The number of hydrogen-bond acceptors (Lipinski definition) is 1. The van der Waals surface area contributed by atoms with Crippen LogP contribution >= 0.6 is 11.8 Å². The second-order valence-electron chi connectivity index (χ2n) is 3.77. The molecule has 0 unspecified atom stereocenters. The van der Waals surface area contributed by atoms with Crippen LogP contribution in [0.4, 0.5) is 8.78 Å². The lowest BCUT2D eigenvalue weighted by Crippen LogP contribution is -2.08. The summed E-state index contributed by atoms with van der Waals surface area (Å²) >= 11 is 1.20. The zero-order chi connectivity index (χ0) is 10.1. The monoisotopic (exact) mass is 202 g/mol. The van der Waals surface area contributed by atoms with Crippen molar-refractivity contribution in [1.82, 2.24) is 0 Å². The lowest BCUT2D eigenvalue weighted by molar-refractivity contribution is 0.539. The third kappa shape index (κ3) is 2.99. The third-order valence-electron chi connectivity index (χ3n) is 1.33. The molecule has 0 spiro atoms. The molecule has 0 bridgehead atoms. The maximum Gasteiger partial charge on any atom is 0.139 e. The summed E-state index contributed by atoms with van der Waals surface area (Å²) in [4.78, 5) is 0.106. The molecule has 0 nitrogen and oxygen atoms in total. The molecular formula is C10H12F2S. The Hall–Kier alpha value is -0.570. The fraction of sp³-hybridized carbons (Fsp3) is 0.400. The molecule has 1 aromatic rings. The third-order valence-corrected chi connectivity index (χ3v) is 2.53. The first kappa shape index (κ1) is 10.5. The van der Waals surface area contributed by atoms with E-state index in [2.05, 4.69) is 0 Å². The molecule has 0 aromatic heterocycles. The smallest absolute Gasteiger partial charge is 0.139 e. The maximum absolute atomic E-state index is 13.1. The number of halogens is 2. The molecule has 13 heavy (non-hydrogen) atoms. The molecule has 0 saturated heterocycles. The Morgan fingerprint density at radius 3 is 1.92 bits per heavy atom. The van der Waals surface area contributed by atoms with Crippen LogP contribution in [0.3, 0.4) is 0 Å². The minimum Gasteiger partial charge on any atom is -0.206 e. The Bertz CT molecular complexity index is 282. The first-order chi connectivity index (χ1) is 5.90. The molecule has 0 aliphatic rings. The van der Waals surface area contributed by atoms with E-state index >= 15 is 0 Å². The summed E-state index contributed by atoms with van der Waals surface area (Å²) in [7, 11) is 0. The summed E-state index contributed by atoms with van der Waals surface area (Å²) in [5.74, 6) is -0.972. The van der Waals surface area contributed by atoms with Crippen LogP contribution in [0.5, 0.6) is 0 Å². The Labute approximate surface area is 81.3 Å². The zero-order valence-corrected chi connectivity index (χ0v) is 8.71. The summed E-state index contributed by atoms with van der Waals surface area (Å²) in [5.41, 5.74) is 0. The Kier molecular flexibility index (Phi) is 2.96. The maximum atomic E-state index is 13.1. The molecule has 0 aliphatic heterocycles. The molecule has 1 rings (SSSR count). The highest BCUT2D eigenvalue weighted by molar-refractivity contribution is 8.00. The summed E-state index contributed by atoms with van der Waals surface area (Å²) in [6, 6.07) is 3.92. The number of hydrogen-bond donors (Lipinski definition) is 0. The van der Waals surface area contributed by atoms with Crippen molar-refractivity contribution < 1.29 is 8.78 Å². The fourth-order valence-electron chi connectivity index (χ4n) is 0.886. The average Bonchev–Trinajstić information content (AvgIpc) is 1.95. The molecule has 0 fully saturated rings. The van der Waals surface area contributed by atoms with Crippen LogP contribution in [0.25, 0.3) is 0 Å². The molecule has 0 N–H and O–H groups in total. The van der Waals surface area contributed by atoms with Gasteiger partial charge in [0, 0.05) is 4.75 Å². The van der Waals surface area contributed by atoms with Crippen molar-refractivity contribution in [2.75, 3.05) is 0 Å². The standard InChI is InChI=1S/C10H12F2S/c1-10(2,3)13-9-7(11)5-4-6-8(9)12/h4-6H,1-3H3. The lowest BCUT2D eigenvalue weighted by atomic mass is 10.3. The van der Waals surface area contributed by atoms with Crippen LogP contribution in [-0.2, 0) is 0 Å². The Balaban J connectivity index is 3.00. The molecule has 1 aromatic carbocycles. The second kappa shape index (κ2) is 3.66. The summed E-state index contributed by atoms with van der Waals surface area (Å²) in [5, 5.41) is 0. The topological polar surface area (TPSA) is 0 Å². The first-order valence-electron chi connectivity index (χ1n) is 4.03. The van der Waals surface area contributed by atoms with Crippen LogP contribution in [0.1, 0.15) is 20.8 Å². The molecule has 0 amide bonds. The van der Waals surface area contributed by atoms with Gasteiger partial charge in [0.25, 0.3) is 0 Å². The molecule has 0 aliphatic carbocycles. The van der Waals surface area contributed by atoms with Crippen LogP contribution in [0, 0.1) is 11.6 Å². The molecule has 3 heteroatoms. The molecular weight excluding hydrogens is 190 g/mol. The van der Waals surface area contributed by atoms with Gasteiger partial charge in [0.15, 0.2) is 0 Å². The van der Waals surface area contributed by atoms with Crippen LogP contribution < -0.4 is 0 Å². The van der Waals surface area contributed by atoms with Crippen molar-refractivity contribution in [2.45, 2.75) is 30.4 Å². The van der Waals surface area contributed by atoms with Gasteiger partial charge < -0.3 is 0 Å². The quantitative estimate of drug-likeness (QED) is 0.623. The van der Waals surface area contributed by atoms with Gasteiger partial charge in [-0.05, 0) is 12.1 Å². The normalized spacial score (nSPS) is 11.8. The lowest BCUT2D eigenvalue weighted by Gasteiger charge is -2.18. The van der Waals surface area contributed by atoms with E-state index in [0.29, 0.717) is 0 Å². The van der Waals surface area contributed by atoms with Gasteiger partial charge in [0.05, 0.1) is 4.90 Å². The summed E-state index contributed by atoms with van der Waals surface area (Å²) < 4.78 is 26.1. The van der Waals surface area contributed by atoms with Gasteiger partial charge >= 0.3 is 0 Å². The Morgan fingerprint density at radius 2 is 1.54 bits per heavy atom. The predicted molar refractivity (Wildman–Crippen MR) is 52.0 cm³/mol. The van der Waals surface area contributed by atoms with Gasteiger partial charge in [-0.15, -0.1) is 11.8 Å². The minimum atomic E-state index is -0.486. The van der Waals surface area contributed by atoms with Crippen molar-refractivity contribution in [2.24, 2.45) is 0 Å². The molecule has 0 atom stereocenters. The van der Waals surface area contributed by atoms with Crippen molar-refractivity contribution in [3.8, 4) is 0 Å². The zero-order valence-electron chi connectivity index (χ0n) is 7.90. The highest BCUT2D eigenvalue weighted by atomic mass is 32.2. The molecule has 0 radical (unpaired) electrons. The van der Waals surface area contributed by atoms with Gasteiger partial charge in [0.2, 0.25) is 0 Å². The highest BCUT2D eigenvalue weighted by Crippen LogP contribution is 2.35. The van der Waals surface area contributed by atoms with E-state index in [-0.39, 0.29) is 9.64 Å². The first-order valence-corrected chi connectivity index (χ1v) is 4.85. The Morgan fingerprint density at radius 1 is 1.08 bits per heavy atom. The van der Waals surface area contributed by atoms with E-state index in [1.807, 2.05) is 20.8 Å². The van der Waals surface area contributed by atoms with Gasteiger partial charge in [-0.25, -0.2) is 8.78 Å². The number of thioether (sulfide) groups is 1. The van der Waals surface area contributed by atoms with E-state index in [1.54, 1.807) is 0 Å². The summed E-state index contributed by atoms with van der Waals surface area (Å²) in [6.07, 6.45) is 0. The molecule has 72 valence electrons. The van der Waals surface area contributed by atoms with Crippen molar-refractivity contribution in [3.63, 3.8) is 0 Å². The minimum absolute atomic E-state index is 0.106. The van der Waals surface area contributed by atoms with Crippen LogP contribution in [-0.4, -0.2) is 4.75 Å². The van der Waals surface area contributed by atoms with Crippen molar-refractivity contribution >= 4 is 11.8 Å². The van der Waals surface area contributed by atoms with E-state index in [4.69, 9.17) is 0 Å². The highest BCUT2D eigenvalue weighted by Gasteiger charge is 2.17. The summed E-state index contributed by atoms with van der Waals surface area (Å²) in [6.45, 7) is 5.76. The largest absolute Gasteiger partial charge is 0.206 e. The van der Waals surface area contributed by atoms with Crippen LogP contribution in [0.2, 0.25) is 0 Å². The predicted octanol–water partition coefficient (Wildman–Crippen LogP) is 3.86. The average molecular weight is 202 g/mol. The van der Waals surface area contributed by atoms with Gasteiger partial charge in [-0.3, -0.25) is 0 Å². The molecule has 0 saturated carbocycles. The second-order valence-corrected chi connectivity index (χ2v) is 5.60. The van der Waals surface area contributed by atoms with Crippen LogP contribution in [0.15, 0.2) is 23.1 Å². The van der Waals surface area contributed by atoms with Crippen molar-refractivity contribution in [1.29, 1.82) is 0 Å². The van der Waals surface area contributed by atoms with Crippen molar-refractivity contribution in [3.05, 3.63) is 29.8 Å². The fourth-order valence-corrected chi connectivity index (χ4v) is 1.83. The SMILES string of the molecule is CC(C)(C)Sc1c(F)cccc1F. The van der Waals surface area contributed by atoms with Gasteiger partial charge in [0.1, 0.15) is 11.6 Å². The van der Waals surface area contributed by atoms with E-state index < -0.39 is 11.6 Å². The van der Waals surface area contributed by atoms with Gasteiger partial charge in [-0.1, -0.05) is 26.8 Å². The van der Waals surface area contributed by atoms with E-state index in [0.717, 1.165) is 0 Å². The van der Waals surface area contributed by atoms with E-state index in [1.165, 1.54) is 30.0 Å².